The summed E-state index contributed by atoms with van der Waals surface area (Å²) in [6, 6.07) is 8.99. The van der Waals surface area contributed by atoms with Crippen LogP contribution in [0.15, 0.2) is 28.7 Å². The molecule has 1 saturated heterocycles. The van der Waals surface area contributed by atoms with Gasteiger partial charge in [-0.3, -0.25) is 0 Å². The highest BCUT2D eigenvalue weighted by molar-refractivity contribution is 9.10. The van der Waals surface area contributed by atoms with E-state index in [9.17, 15) is 8.42 Å². The second-order valence-electron chi connectivity index (χ2n) is 6.00. The van der Waals surface area contributed by atoms with E-state index in [0.29, 0.717) is 23.5 Å². The number of rotatable bonds is 5. The van der Waals surface area contributed by atoms with Crippen LogP contribution in [0.1, 0.15) is 30.7 Å². The molecule has 110 valence electrons. The van der Waals surface area contributed by atoms with Crippen LogP contribution in [-0.4, -0.2) is 32.5 Å². The predicted octanol–water partition coefficient (Wildman–Crippen LogP) is 2.72. The number of halogens is 1. The molecular weight excluding hydrogens is 338 g/mol. The van der Waals surface area contributed by atoms with Gasteiger partial charge >= 0.3 is 0 Å². The third-order valence-electron chi connectivity index (χ3n) is 4.34. The van der Waals surface area contributed by atoms with Crippen molar-refractivity contribution in [1.82, 2.24) is 5.32 Å². The lowest BCUT2D eigenvalue weighted by Crippen LogP contribution is -2.28. The van der Waals surface area contributed by atoms with Crippen LogP contribution in [-0.2, 0) is 9.84 Å². The van der Waals surface area contributed by atoms with Crippen molar-refractivity contribution in [2.24, 2.45) is 5.92 Å². The van der Waals surface area contributed by atoms with Gasteiger partial charge in [0.15, 0.2) is 9.84 Å². The highest BCUT2D eigenvalue weighted by Gasteiger charge is 2.35. The van der Waals surface area contributed by atoms with E-state index in [2.05, 4.69) is 33.4 Å². The summed E-state index contributed by atoms with van der Waals surface area (Å²) in [5.74, 6) is 1.27. The molecule has 0 aromatic heterocycles. The quantitative estimate of drug-likeness (QED) is 0.881. The van der Waals surface area contributed by atoms with Gasteiger partial charge in [0.05, 0.1) is 11.5 Å². The van der Waals surface area contributed by atoms with Crippen molar-refractivity contribution in [2.75, 3.05) is 18.1 Å². The van der Waals surface area contributed by atoms with Gasteiger partial charge in [-0.1, -0.05) is 28.1 Å². The van der Waals surface area contributed by atoms with Gasteiger partial charge in [-0.2, -0.15) is 0 Å². The van der Waals surface area contributed by atoms with Gasteiger partial charge < -0.3 is 5.32 Å². The molecule has 20 heavy (non-hydrogen) atoms. The summed E-state index contributed by atoms with van der Waals surface area (Å²) in [5.41, 5.74) is 1.25. The van der Waals surface area contributed by atoms with E-state index < -0.39 is 9.84 Å². The van der Waals surface area contributed by atoms with Crippen molar-refractivity contribution < 1.29 is 8.42 Å². The third kappa shape index (κ3) is 3.62. The lowest BCUT2D eigenvalue weighted by molar-refractivity contribution is 0.437. The van der Waals surface area contributed by atoms with Crippen molar-refractivity contribution in [3.63, 3.8) is 0 Å². The first-order valence-corrected chi connectivity index (χ1v) is 9.84. The fourth-order valence-electron chi connectivity index (χ4n) is 2.99. The summed E-state index contributed by atoms with van der Waals surface area (Å²) < 4.78 is 24.6. The Bertz CT molecular complexity index is 566. The summed E-state index contributed by atoms with van der Waals surface area (Å²) >= 11 is 3.46. The molecule has 1 N–H and O–H groups in total. The van der Waals surface area contributed by atoms with Crippen molar-refractivity contribution in [2.45, 2.75) is 31.2 Å². The second-order valence-corrected chi connectivity index (χ2v) is 9.15. The van der Waals surface area contributed by atoms with Gasteiger partial charge in [0.25, 0.3) is 0 Å². The maximum Gasteiger partial charge on any atom is 0.150 e. The number of hydrogen-bond donors (Lipinski definition) is 1. The van der Waals surface area contributed by atoms with Gasteiger partial charge in [0, 0.05) is 23.0 Å². The van der Waals surface area contributed by atoms with Crippen molar-refractivity contribution in [3.8, 4) is 0 Å². The topological polar surface area (TPSA) is 46.2 Å². The van der Waals surface area contributed by atoms with E-state index in [4.69, 9.17) is 0 Å². The van der Waals surface area contributed by atoms with Gasteiger partial charge in [-0.25, -0.2) is 8.42 Å². The standard InChI is InChI=1S/C15H20BrNO2S/c16-13-3-1-11(2-4-13)15(9-17-14-5-6-14)12-7-8-20(18,19)10-12/h1-4,12,14-15,17H,5-10H2. The Morgan fingerprint density at radius 3 is 2.45 bits per heavy atom. The fraction of sp³-hybridized carbons (Fsp3) is 0.600. The Morgan fingerprint density at radius 1 is 1.20 bits per heavy atom. The molecular formula is C15H20BrNO2S. The molecule has 2 aliphatic rings. The molecule has 0 spiro atoms. The molecule has 1 saturated carbocycles. The average Bonchev–Trinajstić information content (AvgIpc) is 3.15. The van der Waals surface area contributed by atoms with Crippen molar-refractivity contribution >= 4 is 25.8 Å². The van der Waals surface area contributed by atoms with Crippen LogP contribution in [0.2, 0.25) is 0 Å². The van der Waals surface area contributed by atoms with Gasteiger partial charge in [0.1, 0.15) is 0 Å². The molecule has 5 heteroatoms. The Labute approximate surface area is 129 Å². The van der Waals surface area contributed by atoms with E-state index in [1.165, 1.54) is 18.4 Å². The van der Waals surface area contributed by atoms with E-state index in [1.807, 2.05) is 12.1 Å². The minimum absolute atomic E-state index is 0.257. The first kappa shape index (κ1) is 14.5. The molecule has 0 bridgehead atoms. The van der Waals surface area contributed by atoms with Crippen LogP contribution in [0.5, 0.6) is 0 Å². The fourth-order valence-corrected chi connectivity index (χ4v) is 5.13. The Morgan fingerprint density at radius 2 is 1.90 bits per heavy atom. The van der Waals surface area contributed by atoms with E-state index >= 15 is 0 Å². The van der Waals surface area contributed by atoms with Crippen LogP contribution < -0.4 is 5.32 Å². The van der Waals surface area contributed by atoms with Crippen LogP contribution in [0.25, 0.3) is 0 Å². The van der Waals surface area contributed by atoms with Crippen molar-refractivity contribution in [1.29, 1.82) is 0 Å². The van der Waals surface area contributed by atoms with Crippen molar-refractivity contribution in [3.05, 3.63) is 34.3 Å². The minimum atomic E-state index is -2.82. The maximum atomic E-state index is 11.8. The highest BCUT2D eigenvalue weighted by atomic mass is 79.9. The molecule has 3 rings (SSSR count). The third-order valence-corrected chi connectivity index (χ3v) is 6.66. The Kier molecular flexibility index (Phi) is 4.20. The predicted molar refractivity (Wildman–Crippen MR) is 84.7 cm³/mol. The molecule has 1 aromatic carbocycles. The number of sulfone groups is 1. The number of nitrogens with one attached hydrogen (secondary N) is 1. The summed E-state index contributed by atoms with van der Waals surface area (Å²) in [4.78, 5) is 0. The average molecular weight is 358 g/mol. The molecule has 1 aliphatic heterocycles. The maximum absolute atomic E-state index is 11.8. The number of benzene rings is 1. The van der Waals surface area contributed by atoms with E-state index in [1.54, 1.807) is 0 Å². The Balaban J connectivity index is 1.77. The SMILES string of the molecule is O=S1(=O)CCC(C(CNC2CC2)c2ccc(Br)cc2)C1. The van der Waals surface area contributed by atoms with Crippen LogP contribution in [0.4, 0.5) is 0 Å². The molecule has 1 aliphatic carbocycles. The molecule has 0 amide bonds. The van der Waals surface area contributed by atoms with Crippen LogP contribution >= 0.6 is 15.9 Å². The summed E-state index contributed by atoms with van der Waals surface area (Å²) in [5, 5.41) is 3.57. The summed E-state index contributed by atoms with van der Waals surface area (Å²) in [7, 11) is -2.82. The smallest absolute Gasteiger partial charge is 0.150 e. The van der Waals surface area contributed by atoms with Crippen LogP contribution in [0.3, 0.4) is 0 Å². The first-order valence-electron chi connectivity index (χ1n) is 7.23. The zero-order valence-corrected chi connectivity index (χ0v) is 13.8. The van der Waals surface area contributed by atoms with Gasteiger partial charge in [-0.05, 0) is 42.9 Å². The minimum Gasteiger partial charge on any atom is -0.313 e. The van der Waals surface area contributed by atoms with Gasteiger partial charge in [-0.15, -0.1) is 0 Å². The largest absolute Gasteiger partial charge is 0.313 e. The van der Waals surface area contributed by atoms with Gasteiger partial charge in [0.2, 0.25) is 0 Å². The zero-order valence-electron chi connectivity index (χ0n) is 11.4. The first-order chi connectivity index (χ1) is 9.53. The molecule has 1 heterocycles. The van der Waals surface area contributed by atoms with E-state index in [-0.39, 0.29) is 5.92 Å². The lowest BCUT2D eigenvalue weighted by atomic mass is 9.85. The molecule has 2 unspecified atom stereocenters. The molecule has 0 radical (unpaired) electrons. The monoisotopic (exact) mass is 357 g/mol. The van der Waals surface area contributed by atoms with E-state index in [0.717, 1.165) is 17.4 Å². The van der Waals surface area contributed by atoms with Crippen LogP contribution in [0, 0.1) is 5.92 Å². The molecule has 2 atom stereocenters. The summed E-state index contributed by atoms with van der Waals surface area (Å²) in [6.45, 7) is 0.895. The second kappa shape index (κ2) is 5.78. The Hall–Kier alpha value is -0.390. The molecule has 1 aromatic rings. The lowest BCUT2D eigenvalue weighted by Gasteiger charge is -2.23. The normalized spacial score (nSPS) is 26.6. The summed E-state index contributed by atoms with van der Waals surface area (Å²) in [6.07, 6.45) is 3.32. The molecule has 3 nitrogen and oxygen atoms in total. The zero-order chi connectivity index (χ0) is 14.2. The molecule has 2 fully saturated rings. The highest BCUT2D eigenvalue weighted by Crippen LogP contribution is 2.34. The number of hydrogen-bond acceptors (Lipinski definition) is 3.